The molecule has 0 aliphatic heterocycles. The normalized spacial score (nSPS) is 10.5. The average Bonchev–Trinajstić information content (AvgIpc) is 3.03. The van der Waals surface area contributed by atoms with Gasteiger partial charge in [0.25, 0.3) is 0 Å². The summed E-state index contributed by atoms with van der Waals surface area (Å²) in [5, 5.41) is 7.91. The zero-order valence-corrected chi connectivity index (χ0v) is 13.9. The van der Waals surface area contributed by atoms with Crippen LogP contribution in [0, 0.1) is 0 Å². The number of carbonyl (C=O) groups excluding carboxylic acids is 1. The van der Waals surface area contributed by atoms with Gasteiger partial charge >= 0.3 is 0 Å². The van der Waals surface area contributed by atoms with Crippen LogP contribution in [0.3, 0.4) is 0 Å². The number of nitrogens with zero attached hydrogens (tertiary/aromatic N) is 2. The average molecular weight is 340 g/mol. The number of hydrogen-bond acceptors (Lipinski definition) is 2. The Morgan fingerprint density at radius 1 is 1.04 bits per heavy atom. The second kappa shape index (κ2) is 7.79. The van der Waals surface area contributed by atoms with E-state index < -0.39 is 0 Å². The number of nitrogens with one attached hydrogen (secondary N) is 1. The summed E-state index contributed by atoms with van der Waals surface area (Å²) in [6.07, 6.45) is 2.98. The molecule has 0 saturated carbocycles. The van der Waals surface area contributed by atoms with Gasteiger partial charge in [-0.05, 0) is 23.6 Å². The highest BCUT2D eigenvalue weighted by atomic mass is 35.5. The van der Waals surface area contributed by atoms with Crippen molar-refractivity contribution in [3.8, 4) is 0 Å². The van der Waals surface area contributed by atoms with Crippen LogP contribution >= 0.6 is 11.6 Å². The minimum Gasteiger partial charge on any atom is -0.309 e. The molecule has 0 spiro atoms. The van der Waals surface area contributed by atoms with Gasteiger partial charge in [-0.2, -0.15) is 5.10 Å². The number of benzene rings is 2. The SMILES string of the molecule is O=C(CCc1ccccc1)Nc1ccn(Cc2ccccc2Cl)n1. The van der Waals surface area contributed by atoms with Gasteiger partial charge in [-0.1, -0.05) is 60.1 Å². The smallest absolute Gasteiger partial charge is 0.225 e. The van der Waals surface area contributed by atoms with E-state index in [1.807, 2.05) is 60.8 Å². The summed E-state index contributed by atoms with van der Waals surface area (Å²) >= 11 is 6.15. The van der Waals surface area contributed by atoms with Gasteiger partial charge in [0, 0.05) is 23.7 Å². The maximum Gasteiger partial charge on any atom is 0.225 e. The third kappa shape index (κ3) is 4.46. The number of anilines is 1. The minimum atomic E-state index is -0.0400. The standard InChI is InChI=1S/C19H18ClN3O/c20-17-9-5-4-8-16(17)14-23-13-12-18(22-23)21-19(24)11-10-15-6-2-1-3-7-15/h1-9,12-13H,10-11,14H2,(H,21,22,24). The van der Waals surface area contributed by atoms with E-state index in [9.17, 15) is 4.79 Å². The van der Waals surface area contributed by atoms with Gasteiger partial charge in [-0.15, -0.1) is 0 Å². The Kier molecular flexibility index (Phi) is 5.29. The van der Waals surface area contributed by atoms with Gasteiger partial charge < -0.3 is 5.32 Å². The summed E-state index contributed by atoms with van der Waals surface area (Å²) in [7, 11) is 0. The number of halogens is 1. The van der Waals surface area contributed by atoms with Gasteiger partial charge in [0.05, 0.1) is 6.54 Å². The number of aryl methyl sites for hydroxylation is 1. The van der Waals surface area contributed by atoms with Crippen molar-refractivity contribution in [1.82, 2.24) is 9.78 Å². The van der Waals surface area contributed by atoms with Crippen molar-refractivity contribution >= 4 is 23.3 Å². The Morgan fingerprint density at radius 2 is 1.79 bits per heavy atom. The number of hydrogen-bond donors (Lipinski definition) is 1. The molecule has 0 saturated heterocycles. The third-order valence-corrected chi connectivity index (χ3v) is 4.05. The van der Waals surface area contributed by atoms with Crippen LogP contribution in [0.2, 0.25) is 5.02 Å². The van der Waals surface area contributed by atoms with Crippen molar-refractivity contribution in [1.29, 1.82) is 0 Å². The molecule has 3 aromatic rings. The molecule has 122 valence electrons. The molecule has 2 aromatic carbocycles. The number of aromatic nitrogens is 2. The predicted molar refractivity (Wildman–Crippen MR) is 96.2 cm³/mol. The Bertz CT molecular complexity index is 814. The van der Waals surface area contributed by atoms with Crippen molar-refractivity contribution < 1.29 is 4.79 Å². The van der Waals surface area contributed by atoms with E-state index in [0.717, 1.165) is 11.1 Å². The van der Waals surface area contributed by atoms with Crippen molar-refractivity contribution in [3.05, 3.63) is 83.0 Å². The van der Waals surface area contributed by atoms with Crippen LogP contribution in [0.1, 0.15) is 17.5 Å². The molecule has 0 atom stereocenters. The second-order valence-electron chi connectivity index (χ2n) is 5.52. The van der Waals surface area contributed by atoms with Crippen LogP contribution in [-0.2, 0) is 17.8 Å². The minimum absolute atomic E-state index is 0.0400. The van der Waals surface area contributed by atoms with Crippen molar-refractivity contribution in [2.75, 3.05) is 5.32 Å². The fourth-order valence-electron chi connectivity index (χ4n) is 2.43. The molecule has 1 heterocycles. The van der Waals surface area contributed by atoms with Crippen LogP contribution in [0.15, 0.2) is 66.9 Å². The predicted octanol–water partition coefficient (Wildman–Crippen LogP) is 4.16. The van der Waals surface area contributed by atoms with E-state index in [2.05, 4.69) is 10.4 Å². The van der Waals surface area contributed by atoms with E-state index in [-0.39, 0.29) is 5.91 Å². The molecule has 1 N–H and O–H groups in total. The molecule has 0 unspecified atom stereocenters. The highest BCUT2D eigenvalue weighted by Crippen LogP contribution is 2.16. The maximum atomic E-state index is 12.0. The van der Waals surface area contributed by atoms with E-state index >= 15 is 0 Å². The lowest BCUT2D eigenvalue weighted by atomic mass is 10.1. The van der Waals surface area contributed by atoms with Crippen LogP contribution < -0.4 is 5.32 Å². The lowest BCUT2D eigenvalue weighted by molar-refractivity contribution is -0.116. The van der Waals surface area contributed by atoms with Crippen LogP contribution in [0.5, 0.6) is 0 Å². The largest absolute Gasteiger partial charge is 0.309 e. The first-order valence-electron chi connectivity index (χ1n) is 7.81. The summed E-state index contributed by atoms with van der Waals surface area (Å²) in [5.41, 5.74) is 2.14. The molecular weight excluding hydrogens is 322 g/mol. The maximum absolute atomic E-state index is 12.0. The van der Waals surface area contributed by atoms with Gasteiger partial charge in [0.1, 0.15) is 0 Å². The van der Waals surface area contributed by atoms with Crippen LogP contribution in [0.4, 0.5) is 5.82 Å². The van der Waals surface area contributed by atoms with E-state index in [0.29, 0.717) is 30.2 Å². The second-order valence-corrected chi connectivity index (χ2v) is 5.93. The Hall–Kier alpha value is -2.59. The fraction of sp³-hybridized carbons (Fsp3) is 0.158. The first-order chi connectivity index (χ1) is 11.7. The molecule has 0 bridgehead atoms. The van der Waals surface area contributed by atoms with Gasteiger partial charge in [-0.25, -0.2) is 0 Å². The molecule has 1 aromatic heterocycles. The molecular formula is C19H18ClN3O. The highest BCUT2D eigenvalue weighted by molar-refractivity contribution is 6.31. The Balaban J connectivity index is 1.54. The van der Waals surface area contributed by atoms with E-state index in [1.54, 1.807) is 10.7 Å². The number of amides is 1. The lowest BCUT2D eigenvalue weighted by Crippen LogP contribution is -2.13. The Morgan fingerprint density at radius 3 is 2.58 bits per heavy atom. The fourth-order valence-corrected chi connectivity index (χ4v) is 2.62. The summed E-state index contributed by atoms with van der Waals surface area (Å²) in [4.78, 5) is 12.0. The third-order valence-electron chi connectivity index (χ3n) is 3.68. The molecule has 3 rings (SSSR count). The van der Waals surface area contributed by atoms with Crippen LogP contribution in [-0.4, -0.2) is 15.7 Å². The van der Waals surface area contributed by atoms with Gasteiger partial charge in [0.15, 0.2) is 5.82 Å². The summed E-state index contributed by atoms with van der Waals surface area (Å²) < 4.78 is 1.76. The van der Waals surface area contributed by atoms with Gasteiger partial charge in [-0.3, -0.25) is 9.48 Å². The van der Waals surface area contributed by atoms with Crippen molar-refractivity contribution in [3.63, 3.8) is 0 Å². The molecule has 0 radical (unpaired) electrons. The molecule has 1 amide bonds. The monoisotopic (exact) mass is 339 g/mol. The Labute approximate surface area is 146 Å². The molecule has 0 fully saturated rings. The topological polar surface area (TPSA) is 46.9 Å². The molecule has 0 aliphatic rings. The summed E-state index contributed by atoms with van der Waals surface area (Å²) in [6, 6.07) is 19.4. The van der Waals surface area contributed by atoms with Crippen molar-refractivity contribution in [2.45, 2.75) is 19.4 Å². The van der Waals surface area contributed by atoms with Crippen LogP contribution in [0.25, 0.3) is 0 Å². The van der Waals surface area contributed by atoms with E-state index in [1.165, 1.54) is 0 Å². The van der Waals surface area contributed by atoms with Gasteiger partial charge in [0.2, 0.25) is 5.91 Å². The van der Waals surface area contributed by atoms with E-state index in [4.69, 9.17) is 11.6 Å². The summed E-state index contributed by atoms with van der Waals surface area (Å²) in [6.45, 7) is 0.569. The zero-order chi connectivity index (χ0) is 16.8. The summed E-state index contributed by atoms with van der Waals surface area (Å²) in [5.74, 6) is 0.516. The number of carbonyl (C=O) groups is 1. The quantitative estimate of drug-likeness (QED) is 0.733. The number of rotatable bonds is 6. The first kappa shape index (κ1) is 16.3. The molecule has 4 nitrogen and oxygen atoms in total. The highest BCUT2D eigenvalue weighted by Gasteiger charge is 2.07. The lowest BCUT2D eigenvalue weighted by Gasteiger charge is -2.05. The molecule has 5 heteroatoms. The first-order valence-corrected chi connectivity index (χ1v) is 8.19. The molecule has 24 heavy (non-hydrogen) atoms. The van der Waals surface area contributed by atoms with Crippen molar-refractivity contribution in [2.24, 2.45) is 0 Å². The zero-order valence-electron chi connectivity index (χ0n) is 13.2. The molecule has 0 aliphatic carbocycles.